The van der Waals surface area contributed by atoms with Gasteiger partial charge in [0.05, 0.1) is 12.8 Å². The van der Waals surface area contributed by atoms with Gasteiger partial charge in [-0.05, 0) is 37.0 Å². The molecule has 1 aromatic heterocycles. The number of anilines is 2. The van der Waals surface area contributed by atoms with Crippen LogP contribution in [0.2, 0.25) is 0 Å². The van der Waals surface area contributed by atoms with E-state index in [1.165, 1.54) is 5.56 Å². The summed E-state index contributed by atoms with van der Waals surface area (Å²) in [5, 5.41) is 0. The van der Waals surface area contributed by atoms with Gasteiger partial charge in [-0.1, -0.05) is 19.1 Å². The van der Waals surface area contributed by atoms with Crippen molar-refractivity contribution in [2.75, 3.05) is 18.6 Å². The molecule has 20 heavy (non-hydrogen) atoms. The second-order valence-corrected chi connectivity index (χ2v) is 4.59. The molecule has 0 radical (unpaired) electrons. The number of nitrogens with two attached hydrogens (primary N) is 2. The average molecular weight is 272 g/mol. The van der Waals surface area contributed by atoms with Crippen molar-refractivity contribution in [3.8, 4) is 5.75 Å². The van der Waals surface area contributed by atoms with E-state index in [1.54, 1.807) is 7.11 Å². The third kappa shape index (κ3) is 3.17. The molecule has 0 saturated carbocycles. The lowest BCUT2D eigenvalue weighted by Gasteiger charge is -2.10. The molecular weight excluding hydrogens is 252 g/mol. The quantitative estimate of drug-likeness (QED) is 0.869. The van der Waals surface area contributed by atoms with Gasteiger partial charge < -0.3 is 16.2 Å². The van der Waals surface area contributed by atoms with Crippen LogP contribution in [0.15, 0.2) is 24.3 Å². The molecule has 0 bridgehead atoms. The molecule has 106 valence electrons. The Labute approximate surface area is 119 Å². The first-order valence-electron chi connectivity index (χ1n) is 6.67. The minimum atomic E-state index is 0.243. The first kappa shape index (κ1) is 14.1. The average Bonchev–Trinajstić information content (AvgIpc) is 2.46. The van der Waals surface area contributed by atoms with E-state index in [-0.39, 0.29) is 5.95 Å². The zero-order valence-corrected chi connectivity index (χ0v) is 11.9. The highest BCUT2D eigenvalue weighted by Gasteiger charge is 2.10. The summed E-state index contributed by atoms with van der Waals surface area (Å²) in [4.78, 5) is 8.31. The van der Waals surface area contributed by atoms with Crippen molar-refractivity contribution in [3.63, 3.8) is 0 Å². The fourth-order valence-corrected chi connectivity index (χ4v) is 2.20. The molecule has 2 rings (SSSR count). The molecule has 0 atom stereocenters. The third-order valence-corrected chi connectivity index (χ3v) is 3.30. The molecule has 1 heterocycles. The number of rotatable bonds is 5. The molecule has 0 fully saturated rings. The Morgan fingerprint density at radius 1 is 1.05 bits per heavy atom. The topological polar surface area (TPSA) is 87.0 Å². The zero-order chi connectivity index (χ0) is 14.5. The van der Waals surface area contributed by atoms with E-state index >= 15 is 0 Å². The summed E-state index contributed by atoms with van der Waals surface area (Å²) in [5.41, 5.74) is 14.7. The Hall–Kier alpha value is -2.30. The van der Waals surface area contributed by atoms with E-state index in [0.29, 0.717) is 5.82 Å². The molecule has 0 aliphatic heterocycles. The summed E-state index contributed by atoms with van der Waals surface area (Å²) in [6.07, 6.45) is 2.49. The highest BCUT2D eigenvalue weighted by molar-refractivity contribution is 5.46. The molecule has 0 amide bonds. The van der Waals surface area contributed by atoms with Crippen LogP contribution in [0.3, 0.4) is 0 Å². The first-order chi connectivity index (χ1) is 9.63. The SMILES string of the molecule is CCc1nc(N)nc(N)c1CCc1ccc(OC)cc1. The van der Waals surface area contributed by atoms with Crippen LogP contribution in [-0.4, -0.2) is 17.1 Å². The first-order valence-corrected chi connectivity index (χ1v) is 6.67. The van der Waals surface area contributed by atoms with Gasteiger partial charge in [0.15, 0.2) is 0 Å². The zero-order valence-electron chi connectivity index (χ0n) is 11.9. The lowest BCUT2D eigenvalue weighted by atomic mass is 10.0. The minimum absolute atomic E-state index is 0.243. The second-order valence-electron chi connectivity index (χ2n) is 4.59. The predicted molar refractivity (Wildman–Crippen MR) is 80.6 cm³/mol. The number of methoxy groups -OCH3 is 1. The maximum Gasteiger partial charge on any atom is 0.222 e. The van der Waals surface area contributed by atoms with Crippen LogP contribution >= 0.6 is 0 Å². The number of aryl methyl sites for hydroxylation is 2. The number of hydrogen-bond acceptors (Lipinski definition) is 5. The van der Waals surface area contributed by atoms with Crippen molar-refractivity contribution in [2.45, 2.75) is 26.2 Å². The Morgan fingerprint density at radius 3 is 2.35 bits per heavy atom. The van der Waals surface area contributed by atoms with Gasteiger partial charge in [-0.3, -0.25) is 0 Å². The van der Waals surface area contributed by atoms with Crippen LogP contribution in [0.4, 0.5) is 11.8 Å². The number of aromatic nitrogens is 2. The number of benzene rings is 1. The number of nitrogens with zero attached hydrogens (tertiary/aromatic N) is 2. The lowest BCUT2D eigenvalue weighted by Crippen LogP contribution is -2.09. The molecule has 5 nitrogen and oxygen atoms in total. The van der Waals surface area contributed by atoms with Crippen LogP contribution < -0.4 is 16.2 Å². The van der Waals surface area contributed by atoms with E-state index < -0.39 is 0 Å². The molecule has 0 spiro atoms. The molecule has 0 saturated heterocycles. The Kier molecular flexibility index (Phi) is 4.40. The van der Waals surface area contributed by atoms with Crippen molar-refractivity contribution >= 4 is 11.8 Å². The maximum atomic E-state index is 5.96. The van der Waals surface area contributed by atoms with Gasteiger partial charge >= 0.3 is 0 Å². The van der Waals surface area contributed by atoms with E-state index in [4.69, 9.17) is 16.2 Å². The van der Waals surface area contributed by atoms with Crippen LogP contribution in [0.5, 0.6) is 5.75 Å². The van der Waals surface area contributed by atoms with Gasteiger partial charge in [-0.25, -0.2) is 4.98 Å². The molecule has 5 heteroatoms. The largest absolute Gasteiger partial charge is 0.497 e. The van der Waals surface area contributed by atoms with Crippen LogP contribution in [0.25, 0.3) is 0 Å². The predicted octanol–water partition coefficient (Wildman–Crippen LogP) is 2.00. The molecular formula is C15H20N4O. The van der Waals surface area contributed by atoms with Crippen molar-refractivity contribution in [1.82, 2.24) is 9.97 Å². The number of hydrogen-bond donors (Lipinski definition) is 2. The van der Waals surface area contributed by atoms with Gasteiger partial charge in [0.1, 0.15) is 11.6 Å². The second kappa shape index (κ2) is 6.23. The van der Waals surface area contributed by atoms with Crippen molar-refractivity contribution in [3.05, 3.63) is 41.1 Å². The van der Waals surface area contributed by atoms with Crippen molar-refractivity contribution in [1.29, 1.82) is 0 Å². The van der Waals surface area contributed by atoms with Crippen molar-refractivity contribution in [2.24, 2.45) is 0 Å². The summed E-state index contributed by atoms with van der Waals surface area (Å²) in [7, 11) is 1.66. The molecule has 0 aliphatic rings. The monoisotopic (exact) mass is 272 g/mol. The summed E-state index contributed by atoms with van der Waals surface area (Å²) < 4.78 is 5.15. The summed E-state index contributed by atoms with van der Waals surface area (Å²) in [5.74, 6) is 1.59. The summed E-state index contributed by atoms with van der Waals surface area (Å²) >= 11 is 0. The number of ether oxygens (including phenoxy) is 1. The highest BCUT2D eigenvalue weighted by Crippen LogP contribution is 2.19. The third-order valence-electron chi connectivity index (χ3n) is 3.30. The minimum Gasteiger partial charge on any atom is -0.497 e. The highest BCUT2D eigenvalue weighted by atomic mass is 16.5. The van der Waals surface area contributed by atoms with Crippen LogP contribution in [0, 0.1) is 0 Å². The van der Waals surface area contributed by atoms with Gasteiger partial charge in [0.2, 0.25) is 5.95 Å². The summed E-state index contributed by atoms with van der Waals surface area (Å²) in [6, 6.07) is 8.02. The Balaban J connectivity index is 2.13. The van der Waals surface area contributed by atoms with Crippen LogP contribution in [-0.2, 0) is 19.3 Å². The summed E-state index contributed by atoms with van der Waals surface area (Å²) in [6.45, 7) is 2.04. The normalized spacial score (nSPS) is 10.5. The maximum absolute atomic E-state index is 5.96. The van der Waals surface area contributed by atoms with E-state index in [2.05, 4.69) is 22.1 Å². The Morgan fingerprint density at radius 2 is 1.75 bits per heavy atom. The smallest absolute Gasteiger partial charge is 0.222 e. The fourth-order valence-electron chi connectivity index (χ4n) is 2.20. The van der Waals surface area contributed by atoms with E-state index in [9.17, 15) is 0 Å². The van der Waals surface area contributed by atoms with E-state index in [1.807, 2.05) is 19.1 Å². The molecule has 4 N–H and O–H groups in total. The van der Waals surface area contributed by atoms with Gasteiger partial charge in [-0.15, -0.1) is 0 Å². The molecule has 1 aromatic carbocycles. The van der Waals surface area contributed by atoms with E-state index in [0.717, 1.165) is 36.3 Å². The van der Waals surface area contributed by atoms with Gasteiger partial charge in [-0.2, -0.15) is 4.98 Å². The van der Waals surface area contributed by atoms with Gasteiger partial charge in [0, 0.05) is 5.56 Å². The lowest BCUT2D eigenvalue weighted by molar-refractivity contribution is 0.414. The number of nitrogen functional groups attached to an aromatic ring is 2. The molecule has 0 aliphatic carbocycles. The molecule has 2 aromatic rings. The van der Waals surface area contributed by atoms with Crippen molar-refractivity contribution < 1.29 is 4.74 Å². The Bertz CT molecular complexity index is 581. The molecule has 0 unspecified atom stereocenters. The fraction of sp³-hybridized carbons (Fsp3) is 0.333. The van der Waals surface area contributed by atoms with Crippen LogP contribution in [0.1, 0.15) is 23.7 Å². The standard InChI is InChI=1S/C15H20N4O/c1-3-13-12(14(16)19-15(17)18-13)9-6-10-4-7-11(20-2)8-5-10/h4-5,7-8H,3,6,9H2,1-2H3,(H4,16,17,18,19). The van der Waals surface area contributed by atoms with Gasteiger partial charge in [0.25, 0.3) is 0 Å².